The number of rotatable bonds is 9. The number of aryl methyl sites for hydroxylation is 2. The fraction of sp³-hybridized carbons (Fsp3) is 0.222. The predicted molar refractivity (Wildman–Crippen MR) is 129 cm³/mol. The van der Waals surface area contributed by atoms with Crippen LogP contribution in [0.4, 0.5) is 4.39 Å². The van der Waals surface area contributed by atoms with Gasteiger partial charge in [0.1, 0.15) is 5.82 Å². The van der Waals surface area contributed by atoms with E-state index in [1.54, 1.807) is 0 Å². The molecule has 10 heteroatoms. The van der Waals surface area contributed by atoms with Crippen LogP contribution in [0.1, 0.15) is 51.0 Å². The molecule has 1 fully saturated rings. The smallest absolute Gasteiger partial charge is 0.336 e. The van der Waals surface area contributed by atoms with Crippen molar-refractivity contribution in [3.8, 4) is 0 Å². The van der Waals surface area contributed by atoms with E-state index >= 15 is 0 Å². The molecule has 3 aromatic carbocycles. The highest BCUT2D eigenvalue weighted by molar-refractivity contribution is 6.01. The molecular formula is C27H22FN3O6. The van der Waals surface area contributed by atoms with Gasteiger partial charge in [-0.15, -0.1) is 10.2 Å². The lowest BCUT2D eigenvalue weighted by Crippen LogP contribution is -2.28. The minimum Gasteiger partial charge on any atom is -0.479 e. The first-order valence-corrected chi connectivity index (χ1v) is 11.6. The molecule has 0 bridgehead atoms. The van der Waals surface area contributed by atoms with Crippen LogP contribution in [0.5, 0.6) is 0 Å². The van der Waals surface area contributed by atoms with Crippen LogP contribution in [0.2, 0.25) is 0 Å². The first-order valence-electron chi connectivity index (χ1n) is 11.6. The number of hydrogen-bond donors (Lipinski definition) is 2. The van der Waals surface area contributed by atoms with Crippen molar-refractivity contribution in [1.82, 2.24) is 15.5 Å². The molecule has 3 atom stereocenters. The SMILES string of the molecule is C[C@@H](NC(=O)c1ccc(F)cc1CCc1nnc(C(=O)C2OC2C(=O)O)o1)c1cccc2ccccc12. The average Bonchev–Trinajstić information content (AvgIpc) is 3.57. The molecule has 9 nitrogen and oxygen atoms in total. The van der Waals surface area contributed by atoms with Gasteiger partial charge in [0.15, 0.2) is 12.2 Å². The van der Waals surface area contributed by atoms with Gasteiger partial charge in [-0.25, -0.2) is 9.18 Å². The Bertz CT molecular complexity index is 1510. The molecule has 1 aliphatic rings. The summed E-state index contributed by atoms with van der Waals surface area (Å²) >= 11 is 0. The van der Waals surface area contributed by atoms with Crippen LogP contribution in [-0.2, 0) is 22.4 Å². The number of Topliss-reactive ketones (excluding diaryl/α,β-unsaturated/α-hetero) is 1. The summed E-state index contributed by atoms with van der Waals surface area (Å²) in [5.41, 5.74) is 1.70. The fourth-order valence-corrected chi connectivity index (χ4v) is 4.29. The minimum atomic E-state index is -1.25. The number of halogens is 1. The number of carboxylic acids is 1. The topological polar surface area (TPSA) is 135 Å². The summed E-state index contributed by atoms with van der Waals surface area (Å²) < 4.78 is 24.2. The van der Waals surface area contributed by atoms with Crippen LogP contribution in [0.25, 0.3) is 10.8 Å². The lowest BCUT2D eigenvalue weighted by Gasteiger charge is -2.18. The van der Waals surface area contributed by atoms with Crippen molar-refractivity contribution in [3.05, 3.63) is 95.0 Å². The van der Waals surface area contributed by atoms with E-state index in [9.17, 15) is 18.8 Å². The molecule has 188 valence electrons. The quantitative estimate of drug-likeness (QED) is 0.261. The van der Waals surface area contributed by atoms with Gasteiger partial charge >= 0.3 is 5.97 Å². The van der Waals surface area contributed by atoms with Gasteiger partial charge in [-0.1, -0.05) is 42.5 Å². The Labute approximate surface area is 210 Å². The molecule has 1 aromatic heterocycles. The van der Waals surface area contributed by atoms with Gasteiger partial charge in [0, 0.05) is 12.0 Å². The zero-order valence-electron chi connectivity index (χ0n) is 19.7. The summed E-state index contributed by atoms with van der Waals surface area (Å²) in [6, 6.07) is 17.4. The maximum absolute atomic E-state index is 14.1. The van der Waals surface area contributed by atoms with Crippen LogP contribution in [-0.4, -0.2) is 45.2 Å². The van der Waals surface area contributed by atoms with Crippen molar-refractivity contribution in [2.24, 2.45) is 0 Å². The molecule has 0 spiro atoms. The Morgan fingerprint density at radius 2 is 1.81 bits per heavy atom. The zero-order chi connectivity index (χ0) is 26.1. The molecule has 2 unspecified atom stereocenters. The Balaban J connectivity index is 1.28. The third-order valence-electron chi connectivity index (χ3n) is 6.23. The highest BCUT2D eigenvalue weighted by Crippen LogP contribution is 2.27. The molecule has 2 N–H and O–H groups in total. The number of nitrogens with one attached hydrogen (secondary N) is 1. The van der Waals surface area contributed by atoms with Gasteiger partial charge < -0.3 is 19.6 Å². The largest absolute Gasteiger partial charge is 0.479 e. The number of carbonyl (C=O) groups excluding carboxylic acids is 2. The second kappa shape index (κ2) is 9.90. The van der Waals surface area contributed by atoms with E-state index in [-0.39, 0.29) is 36.6 Å². The third kappa shape index (κ3) is 5.10. The number of fused-ring (bicyclic) bond motifs is 1. The zero-order valence-corrected chi connectivity index (χ0v) is 19.7. The van der Waals surface area contributed by atoms with Gasteiger partial charge in [0.25, 0.3) is 17.6 Å². The average molecular weight is 503 g/mol. The van der Waals surface area contributed by atoms with Crippen molar-refractivity contribution >= 4 is 28.4 Å². The van der Waals surface area contributed by atoms with Gasteiger partial charge in [-0.05, 0) is 53.4 Å². The number of epoxide rings is 1. The highest BCUT2D eigenvalue weighted by atomic mass is 19.1. The molecule has 1 saturated heterocycles. The second-order valence-corrected chi connectivity index (χ2v) is 8.75. The lowest BCUT2D eigenvalue weighted by atomic mass is 9.98. The van der Waals surface area contributed by atoms with E-state index in [0.29, 0.717) is 11.1 Å². The molecule has 4 aromatic rings. The van der Waals surface area contributed by atoms with E-state index in [1.165, 1.54) is 18.2 Å². The Kier molecular flexibility index (Phi) is 6.49. The van der Waals surface area contributed by atoms with Crippen LogP contribution >= 0.6 is 0 Å². The summed E-state index contributed by atoms with van der Waals surface area (Å²) in [5.74, 6) is -3.08. The third-order valence-corrected chi connectivity index (χ3v) is 6.23. The molecule has 37 heavy (non-hydrogen) atoms. The van der Waals surface area contributed by atoms with Crippen LogP contribution in [0.15, 0.2) is 65.1 Å². The minimum absolute atomic E-state index is 0.0932. The second-order valence-electron chi connectivity index (χ2n) is 8.75. The van der Waals surface area contributed by atoms with Crippen LogP contribution < -0.4 is 5.32 Å². The van der Waals surface area contributed by atoms with Crippen molar-refractivity contribution in [1.29, 1.82) is 0 Å². The monoisotopic (exact) mass is 503 g/mol. The van der Waals surface area contributed by atoms with E-state index in [0.717, 1.165) is 16.3 Å². The Hall–Kier alpha value is -4.44. The Morgan fingerprint density at radius 3 is 2.59 bits per heavy atom. The molecule has 0 aliphatic carbocycles. The van der Waals surface area contributed by atoms with E-state index in [4.69, 9.17) is 14.3 Å². The predicted octanol–water partition coefficient (Wildman–Crippen LogP) is 3.67. The number of carbonyl (C=O) groups is 3. The standard InChI is InChI=1S/C27H22FN3O6/c1-14(18-8-4-6-15-5-2-3-7-19(15)18)29-25(33)20-11-10-17(28)13-16(20)9-12-21-30-31-26(36-21)22(32)23-24(37-23)27(34)35/h2-8,10-11,13-14,23-24H,9,12H2,1H3,(H,29,33)(H,34,35)/t14-,23?,24?/m1/s1. The normalized spacial score (nSPS) is 17.4. The number of aromatic nitrogens is 2. The lowest BCUT2D eigenvalue weighted by molar-refractivity contribution is -0.138. The first kappa shape index (κ1) is 24.3. The maximum atomic E-state index is 14.1. The number of ketones is 1. The van der Waals surface area contributed by atoms with Gasteiger partial charge in [-0.2, -0.15) is 0 Å². The number of carboxylic acid groups (broad SMARTS) is 1. The summed E-state index contributed by atoms with van der Waals surface area (Å²) in [6.45, 7) is 1.89. The molecule has 2 heterocycles. The summed E-state index contributed by atoms with van der Waals surface area (Å²) in [7, 11) is 0. The van der Waals surface area contributed by atoms with Crippen molar-refractivity contribution in [2.45, 2.75) is 38.0 Å². The molecule has 1 aliphatic heterocycles. The number of amides is 1. The summed E-state index contributed by atoms with van der Waals surface area (Å²) in [5, 5.41) is 21.5. The van der Waals surface area contributed by atoms with E-state index < -0.39 is 29.8 Å². The summed E-state index contributed by atoms with van der Waals surface area (Å²) in [4.78, 5) is 36.3. The summed E-state index contributed by atoms with van der Waals surface area (Å²) in [6.07, 6.45) is -2.03. The highest BCUT2D eigenvalue weighted by Gasteiger charge is 2.52. The van der Waals surface area contributed by atoms with E-state index in [1.807, 2.05) is 49.4 Å². The van der Waals surface area contributed by atoms with E-state index in [2.05, 4.69) is 15.5 Å². The van der Waals surface area contributed by atoms with Crippen molar-refractivity contribution < 1.29 is 33.0 Å². The molecule has 1 amide bonds. The molecule has 0 radical (unpaired) electrons. The fourth-order valence-electron chi connectivity index (χ4n) is 4.29. The van der Waals surface area contributed by atoms with Crippen LogP contribution in [0.3, 0.4) is 0 Å². The number of benzene rings is 3. The van der Waals surface area contributed by atoms with Gasteiger partial charge in [-0.3, -0.25) is 9.59 Å². The van der Waals surface area contributed by atoms with Gasteiger partial charge in [0.05, 0.1) is 6.04 Å². The van der Waals surface area contributed by atoms with Crippen molar-refractivity contribution in [3.63, 3.8) is 0 Å². The molecular weight excluding hydrogens is 481 g/mol. The molecule has 0 saturated carbocycles. The van der Waals surface area contributed by atoms with Gasteiger partial charge in [0.2, 0.25) is 5.89 Å². The number of ether oxygens (including phenoxy) is 1. The first-order chi connectivity index (χ1) is 17.8. The Morgan fingerprint density at radius 1 is 1.03 bits per heavy atom. The van der Waals surface area contributed by atoms with Crippen LogP contribution in [0, 0.1) is 5.82 Å². The maximum Gasteiger partial charge on any atom is 0.336 e. The number of hydrogen-bond acceptors (Lipinski definition) is 7. The van der Waals surface area contributed by atoms with Crippen molar-refractivity contribution in [2.75, 3.05) is 0 Å². The number of aliphatic carboxylic acids is 1. The number of nitrogens with zero attached hydrogens (tertiary/aromatic N) is 2. The molecule has 5 rings (SSSR count).